The molecular formula is C15H16F3N3O2. The van der Waals surface area contributed by atoms with Gasteiger partial charge in [-0.05, 0) is 31.5 Å². The fourth-order valence-corrected chi connectivity index (χ4v) is 1.91. The van der Waals surface area contributed by atoms with Crippen LogP contribution in [0.3, 0.4) is 0 Å². The van der Waals surface area contributed by atoms with E-state index in [9.17, 15) is 23.1 Å². The number of aromatic nitrogens is 2. The van der Waals surface area contributed by atoms with E-state index in [0.717, 1.165) is 11.5 Å². The second kappa shape index (κ2) is 6.04. The molecule has 0 unspecified atom stereocenters. The molecule has 0 spiro atoms. The smallest absolute Gasteiger partial charge is 0.373 e. The number of alkyl halides is 3. The zero-order valence-corrected chi connectivity index (χ0v) is 12.6. The highest BCUT2D eigenvalue weighted by molar-refractivity contribution is 5.85. The van der Waals surface area contributed by atoms with Crippen LogP contribution in [0.25, 0.3) is 5.69 Å². The van der Waals surface area contributed by atoms with Gasteiger partial charge < -0.3 is 15.0 Å². The van der Waals surface area contributed by atoms with Crippen LogP contribution in [-0.4, -0.2) is 32.3 Å². The van der Waals surface area contributed by atoms with Crippen LogP contribution in [0, 0.1) is 6.92 Å². The molecule has 0 aliphatic carbocycles. The van der Waals surface area contributed by atoms with Gasteiger partial charge in [0.1, 0.15) is 5.82 Å². The van der Waals surface area contributed by atoms with Crippen LogP contribution in [0.4, 0.5) is 13.2 Å². The summed E-state index contributed by atoms with van der Waals surface area (Å²) < 4.78 is 39.5. The Hall–Kier alpha value is -2.35. The molecule has 2 aromatic rings. The number of imidazole rings is 1. The van der Waals surface area contributed by atoms with Crippen molar-refractivity contribution in [2.45, 2.75) is 32.2 Å². The highest BCUT2D eigenvalue weighted by Gasteiger charge is 2.55. The highest BCUT2D eigenvalue weighted by atomic mass is 19.4. The second-order valence-electron chi connectivity index (χ2n) is 5.26. The number of aliphatic hydroxyl groups is 1. The van der Waals surface area contributed by atoms with Gasteiger partial charge in [0.25, 0.3) is 5.91 Å². The summed E-state index contributed by atoms with van der Waals surface area (Å²) >= 11 is 0. The van der Waals surface area contributed by atoms with Crippen molar-refractivity contribution in [1.29, 1.82) is 0 Å². The summed E-state index contributed by atoms with van der Waals surface area (Å²) in [5, 5.41) is 11.3. The molecule has 0 bridgehead atoms. The normalized spacial score (nSPS) is 14.3. The SMILES string of the molecule is Cc1nccn1-c1ccc(CNC(=O)[C@](C)(O)C(F)(F)F)cc1. The minimum Gasteiger partial charge on any atom is -0.373 e. The van der Waals surface area contributed by atoms with Crippen LogP contribution >= 0.6 is 0 Å². The second-order valence-corrected chi connectivity index (χ2v) is 5.26. The summed E-state index contributed by atoms with van der Waals surface area (Å²) in [6.45, 7) is 2.15. The molecule has 1 amide bonds. The number of nitrogens with zero attached hydrogens (tertiary/aromatic N) is 2. The average Bonchev–Trinajstić information content (AvgIpc) is 2.90. The predicted molar refractivity (Wildman–Crippen MR) is 76.8 cm³/mol. The molecule has 0 aliphatic heterocycles. The van der Waals surface area contributed by atoms with Crippen molar-refractivity contribution in [2.24, 2.45) is 0 Å². The third kappa shape index (κ3) is 3.53. The van der Waals surface area contributed by atoms with E-state index >= 15 is 0 Å². The van der Waals surface area contributed by atoms with Crippen LogP contribution in [0.2, 0.25) is 0 Å². The van der Waals surface area contributed by atoms with Crippen molar-refractivity contribution in [3.8, 4) is 5.69 Å². The summed E-state index contributed by atoms with van der Waals surface area (Å²) in [5.41, 5.74) is -1.96. The Labute approximate surface area is 130 Å². The van der Waals surface area contributed by atoms with Crippen LogP contribution < -0.4 is 5.32 Å². The van der Waals surface area contributed by atoms with Crippen LogP contribution in [0.15, 0.2) is 36.7 Å². The number of hydrogen-bond donors (Lipinski definition) is 2. The molecule has 23 heavy (non-hydrogen) atoms. The van der Waals surface area contributed by atoms with Gasteiger partial charge in [-0.1, -0.05) is 12.1 Å². The van der Waals surface area contributed by atoms with E-state index < -0.39 is 17.7 Å². The first-order chi connectivity index (χ1) is 10.6. The van der Waals surface area contributed by atoms with Gasteiger partial charge in [-0.25, -0.2) is 4.98 Å². The fraction of sp³-hybridized carbons (Fsp3) is 0.333. The first-order valence-electron chi connectivity index (χ1n) is 6.79. The first kappa shape index (κ1) is 17.0. The molecule has 0 fully saturated rings. The predicted octanol–water partition coefficient (Wildman–Crippen LogP) is 2.11. The third-order valence-electron chi connectivity index (χ3n) is 3.49. The molecule has 0 radical (unpaired) electrons. The van der Waals surface area contributed by atoms with Gasteiger partial charge in [-0.15, -0.1) is 0 Å². The van der Waals surface area contributed by atoms with Gasteiger partial charge in [0, 0.05) is 24.6 Å². The molecule has 1 aromatic carbocycles. The maximum Gasteiger partial charge on any atom is 0.426 e. The van der Waals surface area contributed by atoms with Crippen molar-refractivity contribution in [1.82, 2.24) is 14.9 Å². The fourth-order valence-electron chi connectivity index (χ4n) is 1.91. The van der Waals surface area contributed by atoms with E-state index in [1.165, 1.54) is 0 Å². The van der Waals surface area contributed by atoms with Crippen molar-refractivity contribution in [3.63, 3.8) is 0 Å². The molecular weight excluding hydrogens is 311 g/mol. The monoisotopic (exact) mass is 327 g/mol. The summed E-state index contributed by atoms with van der Waals surface area (Å²) in [6.07, 6.45) is -1.59. The molecule has 2 rings (SSSR count). The van der Waals surface area contributed by atoms with E-state index in [0.29, 0.717) is 12.5 Å². The van der Waals surface area contributed by atoms with Crippen molar-refractivity contribution in [2.75, 3.05) is 0 Å². The molecule has 1 atom stereocenters. The number of nitrogens with one attached hydrogen (secondary N) is 1. The van der Waals surface area contributed by atoms with Gasteiger partial charge in [-0.3, -0.25) is 4.79 Å². The molecule has 2 N–H and O–H groups in total. The zero-order valence-electron chi connectivity index (χ0n) is 12.6. The maximum atomic E-state index is 12.5. The van der Waals surface area contributed by atoms with E-state index in [-0.39, 0.29) is 6.54 Å². The molecule has 0 saturated heterocycles. The lowest BCUT2D eigenvalue weighted by molar-refractivity contribution is -0.245. The summed E-state index contributed by atoms with van der Waals surface area (Å²) in [7, 11) is 0. The number of amides is 1. The number of carbonyl (C=O) groups excluding carboxylic acids is 1. The average molecular weight is 327 g/mol. The first-order valence-corrected chi connectivity index (χ1v) is 6.79. The quantitative estimate of drug-likeness (QED) is 0.904. The maximum absolute atomic E-state index is 12.5. The number of aryl methyl sites for hydroxylation is 1. The van der Waals surface area contributed by atoms with Gasteiger partial charge in [0.15, 0.2) is 0 Å². The van der Waals surface area contributed by atoms with Crippen molar-refractivity contribution >= 4 is 5.91 Å². The third-order valence-corrected chi connectivity index (χ3v) is 3.49. The van der Waals surface area contributed by atoms with Crippen LogP contribution in [0.1, 0.15) is 18.3 Å². The van der Waals surface area contributed by atoms with Crippen molar-refractivity contribution < 1.29 is 23.1 Å². The molecule has 1 heterocycles. The van der Waals surface area contributed by atoms with E-state index in [1.54, 1.807) is 36.7 Å². The number of carbonyl (C=O) groups is 1. The largest absolute Gasteiger partial charge is 0.426 e. The summed E-state index contributed by atoms with van der Waals surface area (Å²) in [4.78, 5) is 15.6. The van der Waals surface area contributed by atoms with E-state index in [4.69, 9.17) is 0 Å². The number of hydrogen-bond acceptors (Lipinski definition) is 3. The lowest BCUT2D eigenvalue weighted by atomic mass is 10.1. The molecule has 0 saturated carbocycles. The lowest BCUT2D eigenvalue weighted by Crippen LogP contribution is -2.54. The Bertz CT molecular complexity index is 691. The molecule has 1 aromatic heterocycles. The van der Waals surface area contributed by atoms with Crippen molar-refractivity contribution in [3.05, 3.63) is 48.0 Å². The Morgan fingerprint density at radius 3 is 2.39 bits per heavy atom. The van der Waals surface area contributed by atoms with Gasteiger partial charge in [0.2, 0.25) is 5.60 Å². The van der Waals surface area contributed by atoms with E-state index in [2.05, 4.69) is 10.3 Å². The number of benzene rings is 1. The van der Waals surface area contributed by atoms with Crippen LogP contribution in [-0.2, 0) is 11.3 Å². The minimum absolute atomic E-state index is 0.117. The molecule has 124 valence electrons. The Kier molecular flexibility index (Phi) is 4.46. The van der Waals surface area contributed by atoms with Gasteiger partial charge in [-0.2, -0.15) is 13.2 Å². The van der Waals surface area contributed by atoms with Gasteiger partial charge >= 0.3 is 6.18 Å². The Morgan fingerprint density at radius 2 is 1.91 bits per heavy atom. The Balaban J connectivity index is 2.02. The molecule has 0 aliphatic rings. The Morgan fingerprint density at radius 1 is 1.30 bits per heavy atom. The summed E-state index contributed by atoms with van der Waals surface area (Å²) in [5.74, 6) is -0.688. The van der Waals surface area contributed by atoms with E-state index in [1.807, 2.05) is 11.5 Å². The number of halogens is 3. The van der Waals surface area contributed by atoms with Gasteiger partial charge in [0.05, 0.1) is 0 Å². The zero-order chi connectivity index (χ0) is 17.3. The molecule has 5 nitrogen and oxygen atoms in total. The standard InChI is InChI=1S/C15H16F3N3O2/c1-10-19-7-8-21(10)12-5-3-11(4-6-12)9-20-13(22)14(2,23)15(16,17)18/h3-8,23H,9H2,1-2H3,(H,20,22)/t14-/m0/s1. The summed E-state index contributed by atoms with van der Waals surface area (Å²) in [6, 6.07) is 6.88. The topological polar surface area (TPSA) is 67.2 Å². The minimum atomic E-state index is -5.03. The lowest BCUT2D eigenvalue weighted by Gasteiger charge is -2.24. The highest BCUT2D eigenvalue weighted by Crippen LogP contribution is 2.30. The molecule has 8 heteroatoms. The number of rotatable bonds is 4. The van der Waals surface area contributed by atoms with Crippen LogP contribution in [0.5, 0.6) is 0 Å².